The highest BCUT2D eigenvalue weighted by molar-refractivity contribution is 6.30. The molecule has 29 heavy (non-hydrogen) atoms. The van der Waals surface area contributed by atoms with Crippen molar-refractivity contribution in [3.05, 3.63) is 83.4 Å². The maximum Gasteiger partial charge on any atom is 0.356 e. The number of hydrogen-bond donors (Lipinski definition) is 1. The van der Waals surface area contributed by atoms with Crippen LogP contribution in [0.25, 0.3) is 11.0 Å². The van der Waals surface area contributed by atoms with Gasteiger partial charge in [0.1, 0.15) is 24.2 Å². The van der Waals surface area contributed by atoms with E-state index in [1.165, 1.54) is 0 Å². The molecule has 0 atom stereocenters. The summed E-state index contributed by atoms with van der Waals surface area (Å²) in [5, 5.41) is 0.725. The molecular formula is C23H23ClN3O2+. The highest BCUT2D eigenvalue weighted by Gasteiger charge is 2.21. The average Bonchev–Trinajstić information content (AvgIpc) is 3.01. The zero-order chi connectivity index (χ0) is 20.2. The molecular weight excluding hydrogens is 386 g/mol. The topological polar surface area (TPSA) is 53.3 Å². The summed E-state index contributed by atoms with van der Waals surface area (Å²) in [6.45, 7) is 1.77. The summed E-state index contributed by atoms with van der Waals surface area (Å²) in [4.78, 5) is 0. The van der Waals surface area contributed by atoms with Crippen molar-refractivity contribution in [2.75, 3.05) is 19.5 Å². The van der Waals surface area contributed by atoms with Gasteiger partial charge in [0.2, 0.25) is 0 Å². The molecule has 0 aliphatic rings. The van der Waals surface area contributed by atoms with Gasteiger partial charge in [-0.1, -0.05) is 48.0 Å². The lowest BCUT2D eigenvalue weighted by atomic mass is 10.2. The molecule has 2 N–H and O–H groups in total. The summed E-state index contributed by atoms with van der Waals surface area (Å²) in [5.41, 5.74) is 9.84. The average molecular weight is 409 g/mol. The Bertz CT molecular complexity index is 1120. The van der Waals surface area contributed by atoms with Crippen molar-refractivity contribution in [1.82, 2.24) is 4.57 Å². The van der Waals surface area contributed by atoms with Gasteiger partial charge in [-0.05, 0) is 42.0 Å². The van der Waals surface area contributed by atoms with Gasteiger partial charge in [0.15, 0.2) is 11.5 Å². The number of anilines is 1. The zero-order valence-corrected chi connectivity index (χ0v) is 17.0. The van der Waals surface area contributed by atoms with Crippen LogP contribution < -0.4 is 19.8 Å². The fourth-order valence-electron chi connectivity index (χ4n) is 3.47. The number of ether oxygens (including phenoxy) is 2. The Kier molecular flexibility index (Phi) is 5.58. The van der Waals surface area contributed by atoms with Gasteiger partial charge in [-0.3, -0.25) is 5.73 Å². The van der Waals surface area contributed by atoms with Gasteiger partial charge >= 0.3 is 5.95 Å². The number of fused-ring (bicyclic) bond motifs is 1. The van der Waals surface area contributed by atoms with Gasteiger partial charge in [0.25, 0.3) is 0 Å². The van der Waals surface area contributed by atoms with Crippen molar-refractivity contribution in [3.8, 4) is 11.5 Å². The van der Waals surface area contributed by atoms with Crippen molar-refractivity contribution < 1.29 is 14.0 Å². The highest BCUT2D eigenvalue weighted by atomic mass is 35.5. The van der Waals surface area contributed by atoms with E-state index in [1.807, 2.05) is 60.7 Å². The summed E-state index contributed by atoms with van der Waals surface area (Å²) < 4.78 is 15.5. The lowest BCUT2D eigenvalue weighted by Gasteiger charge is -2.10. The predicted molar refractivity (Wildman–Crippen MR) is 116 cm³/mol. The highest BCUT2D eigenvalue weighted by Crippen LogP contribution is 2.26. The summed E-state index contributed by atoms with van der Waals surface area (Å²) in [5.74, 6) is 2.12. The summed E-state index contributed by atoms with van der Waals surface area (Å²) in [7, 11) is 1.64. The molecule has 0 spiro atoms. The van der Waals surface area contributed by atoms with Crippen LogP contribution in [0.1, 0.15) is 5.56 Å². The number of para-hydroxylation sites is 4. The molecule has 5 nitrogen and oxygen atoms in total. The minimum absolute atomic E-state index is 0.476. The standard InChI is InChI=1S/C23H22ClN3O2/c1-28-21-8-4-5-9-22(21)29-15-14-26-19-6-2-3-7-20(19)27(23(26)25)16-17-10-12-18(24)13-11-17/h2-13,25H,14-16H2,1H3/p+1. The Morgan fingerprint density at radius 1 is 0.931 bits per heavy atom. The molecule has 6 heteroatoms. The first-order valence-electron chi connectivity index (χ1n) is 9.44. The van der Waals surface area contributed by atoms with Crippen molar-refractivity contribution in [2.45, 2.75) is 13.1 Å². The second-order valence-corrected chi connectivity index (χ2v) is 7.15. The van der Waals surface area contributed by atoms with Crippen LogP contribution in [0, 0.1) is 0 Å². The number of nitrogen functional groups attached to an aromatic ring is 1. The van der Waals surface area contributed by atoms with Gasteiger partial charge in [-0.15, -0.1) is 0 Å². The van der Waals surface area contributed by atoms with Crippen LogP contribution in [0.2, 0.25) is 5.02 Å². The Labute approximate surface area is 174 Å². The molecule has 148 valence electrons. The van der Waals surface area contributed by atoms with Crippen molar-refractivity contribution in [1.29, 1.82) is 0 Å². The molecule has 0 bridgehead atoms. The lowest BCUT2D eigenvalue weighted by molar-refractivity contribution is -0.648. The number of rotatable bonds is 7. The van der Waals surface area contributed by atoms with Crippen molar-refractivity contribution >= 4 is 28.6 Å². The number of nitrogens with two attached hydrogens (primary N) is 1. The van der Waals surface area contributed by atoms with Crippen molar-refractivity contribution in [2.24, 2.45) is 0 Å². The molecule has 3 aromatic carbocycles. The monoisotopic (exact) mass is 408 g/mol. The summed E-state index contributed by atoms with van der Waals surface area (Å²) >= 11 is 6.02. The number of nitrogens with zero attached hydrogens (tertiary/aromatic N) is 2. The Morgan fingerprint density at radius 3 is 2.38 bits per heavy atom. The van der Waals surface area contributed by atoms with Crippen LogP contribution in [0.5, 0.6) is 11.5 Å². The Morgan fingerprint density at radius 2 is 1.62 bits per heavy atom. The Balaban J connectivity index is 1.59. The molecule has 4 rings (SSSR count). The van der Waals surface area contributed by atoms with Gasteiger partial charge in [0, 0.05) is 5.02 Å². The third-order valence-corrected chi connectivity index (χ3v) is 5.16. The van der Waals surface area contributed by atoms with Gasteiger partial charge in [0.05, 0.1) is 13.7 Å². The second-order valence-electron chi connectivity index (χ2n) is 6.71. The lowest BCUT2D eigenvalue weighted by Crippen LogP contribution is -2.37. The molecule has 0 aliphatic heterocycles. The molecule has 0 aliphatic carbocycles. The number of hydrogen-bond acceptors (Lipinski definition) is 3. The maximum atomic E-state index is 6.55. The molecule has 4 aromatic rings. The second kappa shape index (κ2) is 8.45. The summed E-state index contributed by atoms with van der Waals surface area (Å²) in [6, 6.07) is 23.7. The largest absolute Gasteiger partial charge is 0.493 e. The molecule has 0 radical (unpaired) electrons. The van der Waals surface area contributed by atoms with E-state index in [2.05, 4.69) is 21.3 Å². The number of methoxy groups -OCH3 is 1. The van der Waals surface area contributed by atoms with Crippen LogP contribution in [0.15, 0.2) is 72.8 Å². The third-order valence-electron chi connectivity index (χ3n) is 4.91. The van der Waals surface area contributed by atoms with E-state index >= 15 is 0 Å². The zero-order valence-electron chi connectivity index (χ0n) is 16.2. The van der Waals surface area contributed by atoms with Crippen LogP contribution in [0.3, 0.4) is 0 Å². The van der Waals surface area contributed by atoms with E-state index in [-0.39, 0.29) is 0 Å². The maximum absolute atomic E-state index is 6.55. The normalized spacial score (nSPS) is 11.0. The van der Waals surface area contributed by atoms with Gasteiger partial charge in [-0.25, -0.2) is 9.13 Å². The first-order chi connectivity index (χ1) is 14.2. The molecule has 1 heterocycles. The molecule has 0 saturated heterocycles. The number of aromatic nitrogens is 2. The van der Waals surface area contributed by atoms with Crippen LogP contribution >= 0.6 is 11.6 Å². The van der Waals surface area contributed by atoms with E-state index < -0.39 is 0 Å². The first kappa shape index (κ1) is 19.2. The van der Waals surface area contributed by atoms with E-state index in [0.29, 0.717) is 25.6 Å². The number of benzene rings is 3. The fourth-order valence-corrected chi connectivity index (χ4v) is 3.60. The minimum atomic E-state index is 0.476. The minimum Gasteiger partial charge on any atom is -0.493 e. The molecule has 0 amide bonds. The predicted octanol–water partition coefficient (Wildman–Crippen LogP) is 4.30. The van der Waals surface area contributed by atoms with E-state index in [4.69, 9.17) is 26.8 Å². The fraction of sp³-hybridized carbons (Fsp3) is 0.174. The molecule has 0 saturated carbocycles. The van der Waals surface area contributed by atoms with Gasteiger partial charge < -0.3 is 9.47 Å². The summed E-state index contributed by atoms with van der Waals surface area (Å²) in [6.07, 6.45) is 0. The van der Waals surface area contributed by atoms with Crippen LogP contribution in [-0.4, -0.2) is 18.3 Å². The molecule has 0 unspecified atom stereocenters. The number of imidazole rings is 1. The third kappa shape index (κ3) is 4.00. The van der Waals surface area contributed by atoms with E-state index in [0.717, 1.165) is 33.1 Å². The Hall–Kier alpha value is -3.18. The first-order valence-corrected chi connectivity index (χ1v) is 9.82. The van der Waals surface area contributed by atoms with Crippen LogP contribution in [0.4, 0.5) is 5.95 Å². The smallest absolute Gasteiger partial charge is 0.356 e. The quantitative estimate of drug-likeness (QED) is 0.464. The van der Waals surface area contributed by atoms with Crippen molar-refractivity contribution in [3.63, 3.8) is 0 Å². The number of halogens is 1. The SMILES string of the molecule is COc1ccccc1OCCn1c(N)[n+](Cc2ccc(Cl)cc2)c2ccccc21. The van der Waals surface area contributed by atoms with Gasteiger partial charge in [-0.2, -0.15) is 0 Å². The van der Waals surface area contributed by atoms with E-state index in [1.54, 1.807) is 7.11 Å². The van der Waals surface area contributed by atoms with E-state index in [9.17, 15) is 0 Å². The van der Waals surface area contributed by atoms with Crippen LogP contribution in [-0.2, 0) is 13.1 Å². The molecule has 1 aromatic heterocycles. The molecule has 0 fully saturated rings.